The van der Waals surface area contributed by atoms with Crippen molar-refractivity contribution in [3.63, 3.8) is 0 Å². The van der Waals surface area contributed by atoms with Gasteiger partial charge in [-0.2, -0.15) is 0 Å². The Labute approximate surface area is 113 Å². The number of benzene rings is 2. The molecule has 0 saturated carbocycles. The van der Waals surface area contributed by atoms with E-state index in [0.29, 0.717) is 22.7 Å². The third kappa shape index (κ3) is 4.70. The van der Waals surface area contributed by atoms with Crippen LogP contribution in [0.3, 0.4) is 0 Å². The maximum atomic E-state index is 9.87. The molecule has 2 aromatic carbocycles. The Hall–Kier alpha value is -3.00. The summed E-state index contributed by atoms with van der Waals surface area (Å²) < 4.78 is 0. The molecule has 0 aromatic heterocycles. The van der Waals surface area contributed by atoms with Gasteiger partial charge in [0.1, 0.15) is 17.1 Å². The molecular weight excluding hydrogens is 264 g/mol. The fraction of sp³-hybridized carbons (Fsp3) is 0. The number of anilines is 1. The Morgan fingerprint density at radius 2 is 0.950 bits per heavy atom. The second-order valence-corrected chi connectivity index (χ2v) is 3.45. The Morgan fingerprint density at radius 1 is 0.650 bits per heavy atom. The molecule has 0 aliphatic rings. The molecular formula is C12H10N4O4. The number of rotatable bonds is 4. The average molecular weight is 274 g/mol. The lowest BCUT2D eigenvalue weighted by atomic mass is 10.3. The highest BCUT2D eigenvalue weighted by molar-refractivity contribution is 5.49. The second kappa shape index (κ2) is 8.16. The van der Waals surface area contributed by atoms with E-state index >= 15 is 0 Å². The zero-order chi connectivity index (χ0) is 14.8. The zero-order valence-corrected chi connectivity index (χ0v) is 10.1. The summed E-state index contributed by atoms with van der Waals surface area (Å²) in [5, 5.41) is 16.3. The molecule has 0 aliphatic carbocycles. The first-order valence-electron chi connectivity index (χ1n) is 5.33. The highest BCUT2D eigenvalue weighted by Crippen LogP contribution is 2.17. The summed E-state index contributed by atoms with van der Waals surface area (Å²) >= 11 is 0. The van der Waals surface area contributed by atoms with Crippen molar-refractivity contribution >= 4 is 22.7 Å². The van der Waals surface area contributed by atoms with Gasteiger partial charge in [0.2, 0.25) is 0 Å². The molecule has 0 aliphatic heterocycles. The van der Waals surface area contributed by atoms with Crippen molar-refractivity contribution < 1.29 is 5.21 Å². The minimum atomic E-state index is 0.299. The van der Waals surface area contributed by atoms with Crippen molar-refractivity contribution in [1.29, 1.82) is 0 Å². The molecule has 0 spiro atoms. The lowest BCUT2D eigenvalue weighted by molar-refractivity contribution is 0.389. The van der Waals surface area contributed by atoms with Crippen molar-refractivity contribution in [2.45, 2.75) is 0 Å². The first-order valence-corrected chi connectivity index (χ1v) is 5.33. The van der Waals surface area contributed by atoms with Gasteiger partial charge in [0.15, 0.2) is 0 Å². The van der Waals surface area contributed by atoms with Crippen molar-refractivity contribution in [2.24, 2.45) is 15.5 Å². The molecule has 2 aromatic rings. The van der Waals surface area contributed by atoms with E-state index in [1.54, 1.807) is 12.1 Å². The smallest absolute Gasteiger partial charge is 0.108 e. The van der Waals surface area contributed by atoms with Crippen molar-refractivity contribution in [3.05, 3.63) is 63.3 Å². The molecule has 0 bridgehead atoms. The fourth-order valence-corrected chi connectivity index (χ4v) is 1.17. The molecule has 0 unspecified atom stereocenters. The maximum absolute atomic E-state index is 9.87. The van der Waals surface area contributed by atoms with Gasteiger partial charge in [-0.05, 0) is 64.1 Å². The van der Waals surface area contributed by atoms with Gasteiger partial charge >= 0.3 is 0 Å². The summed E-state index contributed by atoms with van der Waals surface area (Å²) in [5.74, 6) is 0. The quantitative estimate of drug-likeness (QED) is 0.633. The number of hydrogen-bond acceptors (Lipinski definition) is 8. The van der Waals surface area contributed by atoms with Crippen LogP contribution in [-0.4, -0.2) is 5.21 Å². The summed E-state index contributed by atoms with van der Waals surface area (Å²) in [6, 6.07) is 11.9. The van der Waals surface area contributed by atoms with Gasteiger partial charge < -0.3 is 0 Å². The van der Waals surface area contributed by atoms with Crippen LogP contribution in [0.25, 0.3) is 0 Å². The normalized spacial score (nSPS) is 8.85. The number of hydrogen-bond donors (Lipinski definition) is 2. The van der Waals surface area contributed by atoms with E-state index < -0.39 is 0 Å². The third-order valence-corrected chi connectivity index (χ3v) is 2.16. The molecule has 0 radical (unpaired) electrons. The van der Waals surface area contributed by atoms with Crippen molar-refractivity contribution in [2.75, 3.05) is 5.48 Å². The number of nitroso groups, excluding NO2 is 3. The lowest BCUT2D eigenvalue weighted by Gasteiger charge is -1.95. The Balaban J connectivity index is 0.000000200. The lowest BCUT2D eigenvalue weighted by Crippen LogP contribution is -1.86. The van der Waals surface area contributed by atoms with Gasteiger partial charge in [-0.25, -0.2) is 0 Å². The minimum absolute atomic E-state index is 0.299. The molecule has 102 valence electrons. The molecule has 0 saturated heterocycles. The predicted molar refractivity (Wildman–Crippen MR) is 74.7 cm³/mol. The van der Waals surface area contributed by atoms with Crippen molar-refractivity contribution in [3.8, 4) is 0 Å². The van der Waals surface area contributed by atoms with Crippen LogP contribution in [0.1, 0.15) is 0 Å². The van der Waals surface area contributed by atoms with Crippen LogP contribution in [0.5, 0.6) is 0 Å². The maximum Gasteiger partial charge on any atom is 0.108 e. The summed E-state index contributed by atoms with van der Waals surface area (Å²) in [5.41, 5.74) is 3.41. The molecule has 0 amide bonds. The average Bonchev–Trinajstić information content (AvgIpc) is 2.55. The highest BCUT2D eigenvalue weighted by atomic mass is 16.5. The molecule has 8 heteroatoms. The molecule has 0 fully saturated rings. The van der Waals surface area contributed by atoms with Crippen molar-refractivity contribution in [1.82, 2.24) is 0 Å². The summed E-state index contributed by atoms with van der Waals surface area (Å²) in [6.45, 7) is 0. The van der Waals surface area contributed by atoms with E-state index in [1.807, 2.05) is 5.48 Å². The van der Waals surface area contributed by atoms with Crippen LogP contribution >= 0.6 is 0 Å². The third-order valence-electron chi connectivity index (χ3n) is 2.16. The van der Waals surface area contributed by atoms with Crippen LogP contribution in [0, 0.1) is 14.7 Å². The van der Waals surface area contributed by atoms with E-state index in [9.17, 15) is 14.7 Å². The van der Waals surface area contributed by atoms with Gasteiger partial charge in [0, 0.05) is 0 Å². The van der Waals surface area contributed by atoms with Gasteiger partial charge in [-0.3, -0.25) is 10.7 Å². The van der Waals surface area contributed by atoms with Crippen LogP contribution in [0.4, 0.5) is 22.7 Å². The van der Waals surface area contributed by atoms with Gasteiger partial charge in [-0.1, -0.05) is 0 Å². The number of nitrogens with zero attached hydrogens (tertiary/aromatic N) is 3. The van der Waals surface area contributed by atoms with Gasteiger partial charge in [0.05, 0.1) is 5.69 Å². The first-order chi connectivity index (χ1) is 9.73. The van der Waals surface area contributed by atoms with E-state index in [-0.39, 0.29) is 0 Å². The van der Waals surface area contributed by atoms with Crippen LogP contribution in [0.2, 0.25) is 0 Å². The Kier molecular flexibility index (Phi) is 6.15. The zero-order valence-electron chi connectivity index (χ0n) is 10.1. The Bertz CT molecular complexity index is 542. The van der Waals surface area contributed by atoms with Crippen LogP contribution in [0.15, 0.2) is 64.1 Å². The topological polar surface area (TPSA) is 121 Å². The van der Waals surface area contributed by atoms with Gasteiger partial charge in [-0.15, -0.1) is 14.7 Å². The largest absolute Gasteiger partial charge is 0.291 e. The van der Waals surface area contributed by atoms with E-state index in [0.717, 1.165) is 0 Å². The Morgan fingerprint density at radius 3 is 1.20 bits per heavy atom. The predicted octanol–water partition coefficient (Wildman–Crippen LogP) is 4.37. The van der Waals surface area contributed by atoms with E-state index in [1.165, 1.54) is 36.4 Å². The summed E-state index contributed by atoms with van der Waals surface area (Å²) in [7, 11) is 0. The van der Waals surface area contributed by atoms with E-state index in [4.69, 9.17) is 5.21 Å². The minimum Gasteiger partial charge on any atom is -0.291 e. The summed E-state index contributed by atoms with van der Waals surface area (Å²) in [6.07, 6.45) is 0. The summed E-state index contributed by atoms with van der Waals surface area (Å²) in [4.78, 5) is 29.6. The van der Waals surface area contributed by atoms with Crippen LogP contribution < -0.4 is 5.48 Å². The molecule has 2 rings (SSSR count). The SMILES string of the molecule is O=Nc1ccc(N=O)cc1.O=Nc1ccc(NO)cc1. The second-order valence-electron chi connectivity index (χ2n) is 3.45. The first kappa shape index (κ1) is 15.1. The van der Waals surface area contributed by atoms with E-state index in [2.05, 4.69) is 15.5 Å². The molecule has 2 N–H and O–H groups in total. The van der Waals surface area contributed by atoms with Gasteiger partial charge in [0.25, 0.3) is 0 Å². The highest BCUT2D eigenvalue weighted by Gasteiger charge is 1.91. The molecule has 0 atom stereocenters. The fourth-order valence-electron chi connectivity index (χ4n) is 1.17. The molecule has 0 heterocycles. The van der Waals surface area contributed by atoms with Crippen LogP contribution in [-0.2, 0) is 0 Å². The standard InChI is InChI=1S/C6H6N2O2.C6H4N2O2/c2*9-7-5-1-2-6(8-10)4-3-5/h1-4,7,9H;1-4H. The molecule has 20 heavy (non-hydrogen) atoms. The number of nitrogens with one attached hydrogen (secondary N) is 1. The molecule has 8 nitrogen and oxygen atoms in total. The monoisotopic (exact) mass is 274 g/mol.